The first kappa shape index (κ1) is 12.4. The summed E-state index contributed by atoms with van der Waals surface area (Å²) in [5, 5.41) is 4.01. The van der Waals surface area contributed by atoms with Gasteiger partial charge in [-0.2, -0.15) is 9.97 Å². The van der Waals surface area contributed by atoms with E-state index >= 15 is 0 Å². The lowest BCUT2D eigenvalue weighted by Crippen LogP contribution is -2.17. The summed E-state index contributed by atoms with van der Waals surface area (Å²) in [5.74, 6) is 1.90. The van der Waals surface area contributed by atoms with Crippen LogP contribution in [0, 0.1) is 6.92 Å². The van der Waals surface area contributed by atoms with Gasteiger partial charge in [0.2, 0.25) is 5.89 Å². The molecule has 6 heteroatoms. The zero-order valence-electron chi connectivity index (χ0n) is 12.0. The van der Waals surface area contributed by atoms with Crippen LogP contribution in [-0.4, -0.2) is 22.2 Å². The second kappa shape index (κ2) is 4.58. The fraction of sp³-hybridized carbons (Fsp3) is 0.400. The van der Waals surface area contributed by atoms with Crippen LogP contribution in [0.2, 0.25) is 0 Å². The first-order valence-electron chi connectivity index (χ1n) is 7.10. The van der Waals surface area contributed by atoms with Crippen LogP contribution in [0.5, 0.6) is 0 Å². The minimum absolute atomic E-state index is 0.476. The first-order valence-corrected chi connectivity index (χ1v) is 7.10. The van der Waals surface area contributed by atoms with Crippen LogP contribution in [0.1, 0.15) is 36.0 Å². The molecule has 0 N–H and O–H groups in total. The minimum atomic E-state index is 0.476. The molecule has 1 saturated carbocycles. The molecule has 0 bridgehead atoms. The van der Waals surface area contributed by atoms with Gasteiger partial charge in [0.1, 0.15) is 5.52 Å². The van der Waals surface area contributed by atoms with Gasteiger partial charge in [-0.3, -0.25) is 0 Å². The molecule has 21 heavy (non-hydrogen) atoms. The lowest BCUT2D eigenvalue weighted by atomic mass is 10.2. The van der Waals surface area contributed by atoms with Crippen LogP contribution >= 0.6 is 0 Å². The number of fused-ring (bicyclic) bond motifs is 1. The zero-order valence-corrected chi connectivity index (χ0v) is 12.0. The number of hydrogen-bond donors (Lipinski definition) is 0. The summed E-state index contributed by atoms with van der Waals surface area (Å²) in [7, 11) is 1.91. The fourth-order valence-electron chi connectivity index (χ4n) is 2.30. The normalized spacial score (nSPS) is 14.8. The Labute approximate surface area is 121 Å². The molecule has 0 radical (unpaired) electrons. The first-order chi connectivity index (χ1) is 10.2. The van der Waals surface area contributed by atoms with Crippen molar-refractivity contribution in [3.8, 4) is 0 Å². The topological polar surface area (TPSA) is 68.2 Å². The van der Waals surface area contributed by atoms with Gasteiger partial charge >= 0.3 is 0 Å². The molecule has 1 aromatic carbocycles. The summed E-state index contributed by atoms with van der Waals surface area (Å²) in [6.07, 6.45) is 2.31. The van der Waals surface area contributed by atoms with Crippen LogP contribution in [0.15, 0.2) is 27.1 Å². The maximum atomic E-state index is 5.75. The molecule has 1 fully saturated rings. The van der Waals surface area contributed by atoms with Gasteiger partial charge in [-0.25, -0.2) is 0 Å². The third-order valence-electron chi connectivity index (χ3n) is 3.65. The maximum absolute atomic E-state index is 5.75. The van der Waals surface area contributed by atoms with Crippen molar-refractivity contribution in [1.82, 2.24) is 15.1 Å². The summed E-state index contributed by atoms with van der Waals surface area (Å²) < 4.78 is 11.0. The van der Waals surface area contributed by atoms with E-state index in [4.69, 9.17) is 8.94 Å². The van der Waals surface area contributed by atoms with Crippen LogP contribution in [0.3, 0.4) is 0 Å². The number of anilines is 1. The van der Waals surface area contributed by atoms with Gasteiger partial charge in [-0.05, 0) is 37.5 Å². The molecule has 6 nitrogen and oxygen atoms in total. The Hall–Kier alpha value is -2.37. The number of benzene rings is 1. The van der Waals surface area contributed by atoms with Gasteiger partial charge in [0.05, 0.1) is 6.54 Å². The van der Waals surface area contributed by atoms with Gasteiger partial charge < -0.3 is 13.8 Å². The SMILES string of the molecule is Cc1ccc2oc(N(C)Cc3noc(C4CC4)n3)nc2c1. The number of rotatable bonds is 4. The molecule has 0 amide bonds. The summed E-state index contributed by atoms with van der Waals surface area (Å²) in [4.78, 5) is 10.8. The monoisotopic (exact) mass is 284 g/mol. The van der Waals surface area contributed by atoms with Crippen LogP contribution in [0.25, 0.3) is 11.1 Å². The van der Waals surface area contributed by atoms with Gasteiger partial charge in [-0.1, -0.05) is 11.2 Å². The predicted octanol–water partition coefficient (Wildman–Crippen LogP) is 3.03. The van der Waals surface area contributed by atoms with E-state index in [1.54, 1.807) is 0 Å². The highest BCUT2D eigenvalue weighted by molar-refractivity contribution is 5.75. The lowest BCUT2D eigenvalue weighted by molar-refractivity contribution is 0.373. The van der Waals surface area contributed by atoms with E-state index in [1.165, 1.54) is 0 Å². The van der Waals surface area contributed by atoms with Crippen LogP contribution in [-0.2, 0) is 6.54 Å². The van der Waals surface area contributed by atoms with Crippen molar-refractivity contribution < 1.29 is 8.94 Å². The van der Waals surface area contributed by atoms with Crippen LogP contribution in [0.4, 0.5) is 6.01 Å². The minimum Gasteiger partial charge on any atom is -0.423 e. The number of nitrogens with zero attached hydrogens (tertiary/aromatic N) is 4. The quantitative estimate of drug-likeness (QED) is 0.733. The number of hydrogen-bond acceptors (Lipinski definition) is 6. The summed E-state index contributed by atoms with van der Waals surface area (Å²) >= 11 is 0. The molecule has 2 heterocycles. The van der Waals surface area contributed by atoms with E-state index in [-0.39, 0.29) is 0 Å². The summed E-state index contributed by atoms with van der Waals surface area (Å²) in [6, 6.07) is 6.52. The fourth-order valence-corrected chi connectivity index (χ4v) is 2.30. The molecule has 0 aliphatic heterocycles. The average Bonchev–Trinajstić information content (AvgIpc) is 3.06. The third-order valence-corrected chi connectivity index (χ3v) is 3.65. The molecule has 1 aliphatic rings. The molecule has 4 rings (SSSR count). The average molecular weight is 284 g/mol. The summed E-state index contributed by atoms with van der Waals surface area (Å²) in [5.41, 5.74) is 2.81. The highest BCUT2D eigenvalue weighted by Crippen LogP contribution is 2.38. The van der Waals surface area contributed by atoms with Crippen molar-refractivity contribution in [2.75, 3.05) is 11.9 Å². The van der Waals surface area contributed by atoms with Gasteiger partial charge in [0.25, 0.3) is 6.01 Å². The van der Waals surface area contributed by atoms with Crippen molar-refractivity contribution in [3.63, 3.8) is 0 Å². The van der Waals surface area contributed by atoms with Gasteiger partial charge in [0, 0.05) is 13.0 Å². The van der Waals surface area contributed by atoms with E-state index in [0.29, 0.717) is 24.3 Å². The Morgan fingerprint density at radius 2 is 2.14 bits per heavy atom. The van der Waals surface area contributed by atoms with Crippen LogP contribution < -0.4 is 4.90 Å². The molecular weight excluding hydrogens is 268 g/mol. The number of oxazole rings is 1. The lowest BCUT2D eigenvalue weighted by Gasteiger charge is -2.10. The van der Waals surface area contributed by atoms with E-state index in [2.05, 4.69) is 15.1 Å². The molecule has 0 saturated heterocycles. The van der Waals surface area contributed by atoms with E-state index in [0.717, 1.165) is 35.4 Å². The Bertz CT molecular complexity index is 788. The predicted molar refractivity (Wildman–Crippen MR) is 77.1 cm³/mol. The molecule has 3 aromatic rings. The van der Waals surface area contributed by atoms with Crippen molar-refractivity contribution in [3.05, 3.63) is 35.5 Å². The Kier molecular flexibility index (Phi) is 2.70. The smallest absolute Gasteiger partial charge is 0.298 e. The highest BCUT2D eigenvalue weighted by Gasteiger charge is 2.29. The van der Waals surface area contributed by atoms with Crippen molar-refractivity contribution >= 4 is 17.1 Å². The van der Waals surface area contributed by atoms with Crippen molar-refractivity contribution in [1.29, 1.82) is 0 Å². The number of aromatic nitrogens is 3. The molecule has 1 aliphatic carbocycles. The Morgan fingerprint density at radius 1 is 1.29 bits per heavy atom. The van der Waals surface area contributed by atoms with Crippen molar-refractivity contribution in [2.45, 2.75) is 32.2 Å². The standard InChI is InChI=1S/C15H16N4O2/c1-9-3-6-12-11(7-9)16-15(20-12)19(2)8-13-17-14(21-18-13)10-4-5-10/h3,6-7,10H,4-5,8H2,1-2H3. The van der Waals surface area contributed by atoms with E-state index in [1.807, 2.05) is 37.1 Å². The van der Waals surface area contributed by atoms with E-state index < -0.39 is 0 Å². The Balaban J connectivity index is 1.55. The summed E-state index contributed by atoms with van der Waals surface area (Å²) in [6.45, 7) is 2.55. The van der Waals surface area contributed by atoms with Gasteiger partial charge in [-0.15, -0.1) is 0 Å². The molecule has 0 atom stereocenters. The van der Waals surface area contributed by atoms with Gasteiger partial charge in [0.15, 0.2) is 11.4 Å². The molecule has 108 valence electrons. The van der Waals surface area contributed by atoms with E-state index in [9.17, 15) is 0 Å². The Morgan fingerprint density at radius 3 is 2.95 bits per heavy atom. The maximum Gasteiger partial charge on any atom is 0.298 e. The highest BCUT2D eigenvalue weighted by atomic mass is 16.5. The van der Waals surface area contributed by atoms with Crippen molar-refractivity contribution in [2.24, 2.45) is 0 Å². The largest absolute Gasteiger partial charge is 0.423 e. The third kappa shape index (κ3) is 2.37. The zero-order chi connectivity index (χ0) is 14.4. The second-order valence-electron chi connectivity index (χ2n) is 5.65. The number of aryl methyl sites for hydroxylation is 1. The molecular formula is C15H16N4O2. The second-order valence-corrected chi connectivity index (χ2v) is 5.65. The molecule has 2 aromatic heterocycles. The molecule has 0 unspecified atom stereocenters. The molecule has 0 spiro atoms.